The van der Waals surface area contributed by atoms with Gasteiger partial charge in [-0.3, -0.25) is 4.68 Å². The number of nitrogen functional groups attached to an aromatic ring is 1. The van der Waals surface area contributed by atoms with E-state index in [2.05, 4.69) is 27.7 Å². The lowest BCUT2D eigenvalue weighted by atomic mass is 10.1. The monoisotopic (exact) mass is 350 g/mol. The Labute approximate surface area is 118 Å². The van der Waals surface area contributed by atoms with E-state index >= 15 is 0 Å². The van der Waals surface area contributed by atoms with Crippen LogP contribution in [0.5, 0.6) is 0 Å². The summed E-state index contributed by atoms with van der Waals surface area (Å²) in [6, 6.07) is 9.85. The van der Waals surface area contributed by atoms with Crippen LogP contribution >= 0.6 is 22.6 Å². The molecule has 18 heavy (non-hydrogen) atoms. The van der Waals surface area contributed by atoms with Gasteiger partial charge in [-0.05, 0) is 40.8 Å². The first kappa shape index (κ1) is 11.5. The number of nitrogens with two attached hydrogens (primary N) is 1. The van der Waals surface area contributed by atoms with Crippen LogP contribution in [-0.4, -0.2) is 14.8 Å². The number of halogens is 1. The quantitative estimate of drug-likeness (QED) is 0.687. The zero-order valence-corrected chi connectivity index (χ0v) is 11.9. The fraction of sp³-hybridized carbons (Fsp3) is 0.0769. The van der Waals surface area contributed by atoms with Crippen LogP contribution in [0.15, 0.2) is 36.5 Å². The van der Waals surface area contributed by atoms with Crippen molar-refractivity contribution in [3.8, 4) is 11.4 Å². The summed E-state index contributed by atoms with van der Waals surface area (Å²) in [4.78, 5) is 4.69. The summed E-state index contributed by atoms with van der Waals surface area (Å²) in [5.41, 5.74) is 9.61. The van der Waals surface area contributed by atoms with Gasteiger partial charge in [0.15, 0.2) is 0 Å². The molecular weight excluding hydrogens is 339 g/mol. The van der Waals surface area contributed by atoms with Crippen LogP contribution in [0.1, 0.15) is 0 Å². The van der Waals surface area contributed by atoms with Gasteiger partial charge in [0, 0.05) is 27.9 Å². The topological polar surface area (TPSA) is 56.7 Å². The van der Waals surface area contributed by atoms with Gasteiger partial charge in [-0.25, -0.2) is 4.98 Å². The lowest BCUT2D eigenvalue weighted by molar-refractivity contribution is 0.774. The van der Waals surface area contributed by atoms with Crippen LogP contribution in [0, 0.1) is 3.57 Å². The fourth-order valence-corrected chi connectivity index (χ4v) is 2.61. The first-order valence-corrected chi connectivity index (χ1v) is 6.58. The maximum Gasteiger partial charge on any atom is 0.0911 e. The van der Waals surface area contributed by atoms with Crippen LogP contribution in [0.3, 0.4) is 0 Å². The van der Waals surface area contributed by atoms with Crippen molar-refractivity contribution in [1.29, 1.82) is 0 Å². The molecule has 2 aromatic heterocycles. The summed E-state index contributed by atoms with van der Waals surface area (Å²) < 4.78 is 2.89. The van der Waals surface area contributed by atoms with Crippen LogP contribution in [0.25, 0.3) is 22.3 Å². The number of fused-ring (bicyclic) bond motifs is 1. The molecule has 3 rings (SSSR count). The third-order valence-electron chi connectivity index (χ3n) is 2.91. The van der Waals surface area contributed by atoms with Gasteiger partial charge >= 0.3 is 0 Å². The van der Waals surface area contributed by atoms with Crippen LogP contribution < -0.4 is 5.73 Å². The third kappa shape index (κ3) is 1.74. The lowest BCUT2D eigenvalue weighted by Gasteiger charge is -2.07. The minimum absolute atomic E-state index is 0.745. The predicted octanol–water partition coefficient (Wildman–Crippen LogP) is 2.82. The summed E-state index contributed by atoms with van der Waals surface area (Å²) in [5, 5.41) is 5.15. The second-order valence-electron chi connectivity index (χ2n) is 4.07. The maximum absolute atomic E-state index is 6.11. The highest BCUT2D eigenvalue weighted by molar-refractivity contribution is 14.1. The van der Waals surface area contributed by atoms with E-state index in [0.29, 0.717) is 0 Å². The van der Waals surface area contributed by atoms with Gasteiger partial charge in [0.25, 0.3) is 0 Å². The Morgan fingerprint density at radius 1 is 1.28 bits per heavy atom. The number of pyridine rings is 1. The molecule has 3 aromatic rings. The van der Waals surface area contributed by atoms with E-state index in [1.807, 2.05) is 37.4 Å². The second kappa shape index (κ2) is 4.24. The normalized spacial score (nSPS) is 11.0. The number of para-hydroxylation sites is 1. The molecule has 90 valence electrons. The Morgan fingerprint density at radius 2 is 2.11 bits per heavy atom. The first-order valence-electron chi connectivity index (χ1n) is 5.50. The smallest absolute Gasteiger partial charge is 0.0911 e. The standard InChI is InChI=1S/C13H11IN4/c1-18-12(5-6-16-18)11-7-10(15)8-3-2-4-9(14)13(8)17-11/h2-7H,1H3,(H2,15,17). The van der Waals surface area contributed by atoms with Crippen molar-refractivity contribution in [2.45, 2.75) is 0 Å². The number of aromatic nitrogens is 3. The van der Waals surface area contributed by atoms with Crippen molar-refractivity contribution in [2.24, 2.45) is 7.05 Å². The molecule has 0 spiro atoms. The van der Waals surface area contributed by atoms with Crippen molar-refractivity contribution in [1.82, 2.24) is 14.8 Å². The van der Waals surface area contributed by atoms with Crippen LogP contribution in [0.2, 0.25) is 0 Å². The summed E-state index contributed by atoms with van der Waals surface area (Å²) in [6.07, 6.45) is 1.76. The fourth-order valence-electron chi connectivity index (χ4n) is 2.00. The summed E-state index contributed by atoms with van der Waals surface area (Å²) >= 11 is 2.28. The van der Waals surface area contributed by atoms with Gasteiger partial charge in [0.2, 0.25) is 0 Å². The number of aryl methyl sites for hydroxylation is 1. The minimum atomic E-state index is 0.745. The Kier molecular flexibility index (Phi) is 2.70. The maximum atomic E-state index is 6.11. The van der Waals surface area contributed by atoms with E-state index in [4.69, 9.17) is 10.7 Å². The SMILES string of the molecule is Cn1nccc1-c1cc(N)c2cccc(I)c2n1. The average Bonchev–Trinajstić information content (AvgIpc) is 2.77. The largest absolute Gasteiger partial charge is 0.398 e. The Bertz CT molecular complexity index is 733. The second-order valence-corrected chi connectivity index (χ2v) is 5.23. The molecule has 0 aliphatic rings. The molecule has 0 saturated heterocycles. The summed E-state index contributed by atoms with van der Waals surface area (Å²) in [6.45, 7) is 0. The first-order chi connectivity index (χ1) is 8.66. The molecule has 0 bridgehead atoms. The van der Waals surface area contributed by atoms with Gasteiger partial charge in [-0.1, -0.05) is 12.1 Å². The van der Waals surface area contributed by atoms with E-state index < -0.39 is 0 Å². The van der Waals surface area contributed by atoms with Crippen molar-refractivity contribution in [3.05, 3.63) is 40.1 Å². The molecule has 0 saturated carbocycles. The van der Waals surface area contributed by atoms with Gasteiger partial charge in [-0.2, -0.15) is 5.10 Å². The van der Waals surface area contributed by atoms with Crippen molar-refractivity contribution in [2.75, 3.05) is 5.73 Å². The highest BCUT2D eigenvalue weighted by Gasteiger charge is 2.09. The van der Waals surface area contributed by atoms with Gasteiger partial charge in [0.1, 0.15) is 0 Å². The van der Waals surface area contributed by atoms with E-state index in [1.165, 1.54) is 0 Å². The molecular formula is C13H11IN4. The number of anilines is 1. The lowest BCUT2D eigenvalue weighted by Crippen LogP contribution is -1.98. The molecule has 0 radical (unpaired) electrons. The van der Waals surface area contributed by atoms with Crippen LogP contribution in [0.4, 0.5) is 5.69 Å². The molecule has 0 atom stereocenters. The summed E-state index contributed by atoms with van der Waals surface area (Å²) in [7, 11) is 1.90. The number of nitrogens with zero attached hydrogens (tertiary/aromatic N) is 3. The van der Waals surface area contributed by atoms with Crippen molar-refractivity contribution >= 4 is 39.2 Å². The van der Waals surface area contributed by atoms with E-state index in [-0.39, 0.29) is 0 Å². The predicted molar refractivity (Wildman–Crippen MR) is 81.1 cm³/mol. The molecule has 0 aliphatic carbocycles. The molecule has 0 amide bonds. The minimum Gasteiger partial charge on any atom is -0.398 e. The van der Waals surface area contributed by atoms with Gasteiger partial charge in [0.05, 0.1) is 16.9 Å². The molecule has 0 fully saturated rings. The highest BCUT2D eigenvalue weighted by atomic mass is 127. The number of benzene rings is 1. The Morgan fingerprint density at radius 3 is 2.83 bits per heavy atom. The van der Waals surface area contributed by atoms with Crippen LogP contribution in [-0.2, 0) is 7.05 Å². The Balaban J connectivity index is 2.34. The number of hydrogen-bond acceptors (Lipinski definition) is 3. The zero-order chi connectivity index (χ0) is 12.7. The average molecular weight is 350 g/mol. The molecule has 0 unspecified atom stereocenters. The van der Waals surface area contributed by atoms with E-state index in [0.717, 1.165) is 31.5 Å². The Hall–Kier alpha value is -1.63. The van der Waals surface area contributed by atoms with E-state index in [1.54, 1.807) is 10.9 Å². The summed E-state index contributed by atoms with van der Waals surface area (Å²) in [5.74, 6) is 0. The zero-order valence-electron chi connectivity index (χ0n) is 9.76. The van der Waals surface area contributed by atoms with E-state index in [9.17, 15) is 0 Å². The van der Waals surface area contributed by atoms with Gasteiger partial charge < -0.3 is 5.73 Å². The highest BCUT2D eigenvalue weighted by Crippen LogP contribution is 2.28. The number of rotatable bonds is 1. The van der Waals surface area contributed by atoms with Crippen molar-refractivity contribution in [3.63, 3.8) is 0 Å². The molecule has 2 N–H and O–H groups in total. The number of hydrogen-bond donors (Lipinski definition) is 1. The third-order valence-corrected chi connectivity index (χ3v) is 3.78. The molecule has 1 aromatic carbocycles. The molecule has 4 nitrogen and oxygen atoms in total. The van der Waals surface area contributed by atoms with Gasteiger partial charge in [-0.15, -0.1) is 0 Å². The molecule has 2 heterocycles. The molecule has 0 aliphatic heterocycles. The van der Waals surface area contributed by atoms with Crippen molar-refractivity contribution < 1.29 is 0 Å². The molecule has 5 heteroatoms.